The summed E-state index contributed by atoms with van der Waals surface area (Å²) in [5, 5.41) is 11.0. The van der Waals surface area contributed by atoms with Gasteiger partial charge in [0, 0.05) is 43.7 Å². The molecular formula is C26H27ClF3N7O4. The summed E-state index contributed by atoms with van der Waals surface area (Å²) in [5.41, 5.74) is -1.37. The molecular weight excluding hydrogens is 567 g/mol. The molecule has 15 heteroatoms. The molecule has 1 aromatic carbocycles. The van der Waals surface area contributed by atoms with E-state index < -0.39 is 23.4 Å². The number of fused-ring (bicyclic) bond motifs is 1. The van der Waals surface area contributed by atoms with Crippen molar-refractivity contribution >= 4 is 35.2 Å². The fourth-order valence-corrected chi connectivity index (χ4v) is 5.24. The van der Waals surface area contributed by atoms with Crippen molar-refractivity contribution < 1.29 is 32.3 Å². The van der Waals surface area contributed by atoms with E-state index in [1.165, 1.54) is 29.8 Å². The minimum absolute atomic E-state index is 0.0420. The Morgan fingerprint density at radius 1 is 1.10 bits per heavy atom. The molecule has 1 aliphatic carbocycles. The summed E-state index contributed by atoms with van der Waals surface area (Å²) >= 11 is 6.35. The van der Waals surface area contributed by atoms with Gasteiger partial charge in [0.2, 0.25) is 0 Å². The number of likely N-dealkylation sites (tertiary alicyclic amines) is 1. The number of imidazole rings is 1. The molecule has 0 spiro atoms. The topological polar surface area (TPSA) is 134 Å². The summed E-state index contributed by atoms with van der Waals surface area (Å²) in [7, 11) is 1.41. The average Bonchev–Trinajstić information content (AvgIpc) is 3.33. The van der Waals surface area contributed by atoms with Crippen molar-refractivity contribution in [3.8, 4) is 11.3 Å². The van der Waals surface area contributed by atoms with Crippen LogP contribution in [0.3, 0.4) is 0 Å². The minimum Gasteiger partial charge on any atom is -0.444 e. The quantitative estimate of drug-likeness (QED) is 0.403. The van der Waals surface area contributed by atoms with E-state index in [4.69, 9.17) is 16.3 Å². The number of aromatic amines is 1. The summed E-state index contributed by atoms with van der Waals surface area (Å²) in [5.74, 6) is -0.940. The number of carbonyl (C=O) groups excluding carboxylic acids is 3. The van der Waals surface area contributed by atoms with Gasteiger partial charge in [0.05, 0.1) is 34.2 Å². The maximum atomic E-state index is 13.3. The molecule has 1 aliphatic heterocycles. The molecule has 11 nitrogen and oxygen atoms in total. The Balaban J connectivity index is 1.19. The second-order valence-corrected chi connectivity index (χ2v) is 11.5. The number of hydrogen-bond donors (Lipinski definition) is 3. The van der Waals surface area contributed by atoms with Crippen molar-refractivity contribution in [3.63, 3.8) is 0 Å². The number of benzene rings is 1. The smallest absolute Gasteiger partial charge is 0.433 e. The molecule has 5 rings (SSSR count). The molecule has 3 heterocycles. The Bertz CT molecular complexity index is 1520. The van der Waals surface area contributed by atoms with Crippen LogP contribution < -0.4 is 10.6 Å². The number of alkyl halides is 3. The first-order valence-electron chi connectivity index (χ1n) is 12.7. The number of nitrogens with zero attached hydrogens (tertiary/aromatic N) is 4. The highest BCUT2D eigenvalue weighted by Crippen LogP contribution is 2.46. The molecule has 3 N–H and O–H groups in total. The first-order chi connectivity index (χ1) is 19.1. The van der Waals surface area contributed by atoms with E-state index in [1.54, 1.807) is 25.7 Å². The normalized spacial score (nSPS) is 20.0. The maximum absolute atomic E-state index is 13.3. The third kappa shape index (κ3) is 5.73. The molecule has 0 bridgehead atoms. The zero-order valence-electron chi connectivity index (χ0n) is 22.5. The van der Waals surface area contributed by atoms with Crippen molar-refractivity contribution in [3.05, 3.63) is 52.7 Å². The minimum atomic E-state index is -4.66. The van der Waals surface area contributed by atoms with Gasteiger partial charge in [-0.05, 0) is 39.0 Å². The second-order valence-electron chi connectivity index (χ2n) is 11.0. The van der Waals surface area contributed by atoms with Crippen molar-refractivity contribution in [2.45, 2.75) is 38.6 Å². The SMILES string of the molecule is Cn1c(-c2cn[nH]c2C(F)(F)F)cnc1C(=O)Nc1ccc(C(=O)NC2[C@H]3CN(C(=O)OC(C)(C)C)C[C@@H]23)c(Cl)c1. The van der Waals surface area contributed by atoms with E-state index >= 15 is 0 Å². The summed E-state index contributed by atoms with van der Waals surface area (Å²) in [6.45, 7) is 6.40. The predicted molar refractivity (Wildman–Crippen MR) is 141 cm³/mol. The summed E-state index contributed by atoms with van der Waals surface area (Å²) in [4.78, 5) is 43.6. The molecule has 2 fully saturated rings. The highest BCUT2D eigenvalue weighted by atomic mass is 35.5. The van der Waals surface area contributed by atoms with E-state index in [-0.39, 0.29) is 63.2 Å². The summed E-state index contributed by atoms with van der Waals surface area (Å²) < 4.78 is 46.4. The van der Waals surface area contributed by atoms with Gasteiger partial charge in [-0.1, -0.05) is 11.6 Å². The zero-order valence-corrected chi connectivity index (χ0v) is 23.2. The number of nitrogens with one attached hydrogen (secondary N) is 3. The lowest BCUT2D eigenvalue weighted by Gasteiger charge is -2.26. The molecule has 2 aromatic heterocycles. The van der Waals surface area contributed by atoms with Gasteiger partial charge in [-0.15, -0.1) is 0 Å². The fourth-order valence-electron chi connectivity index (χ4n) is 4.98. The number of halogens is 4. The largest absolute Gasteiger partial charge is 0.444 e. The molecule has 1 saturated heterocycles. The number of amides is 3. The summed E-state index contributed by atoms with van der Waals surface area (Å²) in [6, 6.07) is 4.26. The average molecular weight is 594 g/mol. The Hall–Kier alpha value is -4.07. The Kier molecular flexibility index (Phi) is 7.00. The molecule has 2 aliphatic rings. The van der Waals surface area contributed by atoms with Crippen molar-refractivity contribution in [2.75, 3.05) is 18.4 Å². The standard InChI is InChI=1S/C26H27ClF3N7O4/c1-25(2,3)41-24(40)37-10-15-16(11-37)19(15)34-22(38)13-6-5-12(7-17(13)27)33-23(39)21-31-9-18(36(21)4)14-8-32-35-20(14)26(28,29)30/h5-9,15-16,19H,10-11H2,1-4H3,(H,32,35)(H,33,39)(H,34,38)/t15-,16+,19?. The summed E-state index contributed by atoms with van der Waals surface area (Å²) in [6.07, 6.45) is -2.88. The van der Waals surface area contributed by atoms with Crippen molar-refractivity contribution in [1.29, 1.82) is 0 Å². The highest BCUT2D eigenvalue weighted by molar-refractivity contribution is 6.34. The second kappa shape index (κ2) is 10.1. The number of aromatic nitrogens is 4. The van der Waals surface area contributed by atoms with Crippen LogP contribution in [0.15, 0.2) is 30.6 Å². The number of rotatable bonds is 5. The fraction of sp³-hybridized carbons (Fsp3) is 0.423. The van der Waals surface area contributed by atoms with Crippen LogP contribution in [-0.2, 0) is 18.0 Å². The first kappa shape index (κ1) is 28.5. The van der Waals surface area contributed by atoms with Gasteiger partial charge in [0.1, 0.15) is 11.3 Å². The third-order valence-corrected chi connectivity index (χ3v) is 7.32. The van der Waals surface area contributed by atoms with Gasteiger partial charge in [0.15, 0.2) is 5.82 Å². The number of hydrogen-bond acceptors (Lipinski definition) is 6. The molecule has 3 atom stereocenters. The van der Waals surface area contributed by atoms with Crippen LogP contribution in [0, 0.1) is 11.8 Å². The van der Waals surface area contributed by atoms with Gasteiger partial charge < -0.3 is 24.8 Å². The van der Waals surface area contributed by atoms with Gasteiger partial charge in [0.25, 0.3) is 11.8 Å². The Morgan fingerprint density at radius 3 is 2.39 bits per heavy atom. The van der Waals surface area contributed by atoms with Crippen LogP contribution in [-0.4, -0.2) is 67.3 Å². The maximum Gasteiger partial charge on any atom is 0.433 e. The molecule has 0 radical (unpaired) electrons. The number of ether oxygens (including phenoxy) is 1. The molecule has 1 unspecified atom stereocenters. The highest BCUT2D eigenvalue weighted by Gasteiger charge is 2.58. The molecule has 3 aromatic rings. The molecule has 1 saturated carbocycles. The van der Waals surface area contributed by atoms with Crippen LogP contribution in [0.2, 0.25) is 5.02 Å². The lowest BCUT2D eigenvalue weighted by atomic mass is 10.2. The molecule has 3 amide bonds. The van der Waals surface area contributed by atoms with Gasteiger partial charge in [-0.2, -0.15) is 18.3 Å². The number of carbonyl (C=O) groups is 3. The van der Waals surface area contributed by atoms with Crippen LogP contribution >= 0.6 is 11.6 Å². The van der Waals surface area contributed by atoms with Crippen LogP contribution in [0.25, 0.3) is 11.3 Å². The number of anilines is 1. The molecule has 41 heavy (non-hydrogen) atoms. The number of H-pyrrole nitrogens is 1. The van der Waals surface area contributed by atoms with E-state index in [9.17, 15) is 27.6 Å². The van der Waals surface area contributed by atoms with E-state index in [0.29, 0.717) is 13.1 Å². The van der Waals surface area contributed by atoms with Gasteiger partial charge in [-0.3, -0.25) is 14.7 Å². The lowest BCUT2D eigenvalue weighted by Crippen LogP contribution is -2.40. The lowest BCUT2D eigenvalue weighted by molar-refractivity contribution is -0.140. The van der Waals surface area contributed by atoms with E-state index in [1.807, 2.05) is 5.10 Å². The molecule has 218 valence electrons. The third-order valence-electron chi connectivity index (χ3n) is 7.01. The van der Waals surface area contributed by atoms with Crippen LogP contribution in [0.5, 0.6) is 0 Å². The van der Waals surface area contributed by atoms with Gasteiger partial charge in [-0.25, -0.2) is 9.78 Å². The van der Waals surface area contributed by atoms with Gasteiger partial charge >= 0.3 is 12.3 Å². The Labute approximate surface area is 237 Å². The van der Waals surface area contributed by atoms with Crippen molar-refractivity contribution in [1.82, 2.24) is 30.0 Å². The van der Waals surface area contributed by atoms with Crippen LogP contribution in [0.4, 0.5) is 23.7 Å². The first-order valence-corrected chi connectivity index (χ1v) is 13.0. The number of piperidine rings is 1. The van der Waals surface area contributed by atoms with Crippen LogP contribution in [0.1, 0.15) is 47.4 Å². The predicted octanol–water partition coefficient (Wildman–Crippen LogP) is 4.33. The Morgan fingerprint density at radius 2 is 1.78 bits per heavy atom. The monoisotopic (exact) mass is 593 g/mol. The van der Waals surface area contributed by atoms with Crippen molar-refractivity contribution in [2.24, 2.45) is 18.9 Å². The van der Waals surface area contributed by atoms with E-state index in [0.717, 1.165) is 12.4 Å². The van der Waals surface area contributed by atoms with E-state index in [2.05, 4.69) is 20.7 Å². The zero-order chi connectivity index (χ0) is 29.9.